The smallest absolute Gasteiger partial charge is 0.277 e. The fourth-order valence-electron chi connectivity index (χ4n) is 3.55. The lowest BCUT2D eigenvalue weighted by Crippen LogP contribution is -2.29. The van der Waals surface area contributed by atoms with Crippen LogP contribution in [0.25, 0.3) is 0 Å². The summed E-state index contributed by atoms with van der Waals surface area (Å²) in [5.41, 5.74) is 2.97. The van der Waals surface area contributed by atoms with Gasteiger partial charge in [0.15, 0.2) is 11.4 Å². The first-order chi connectivity index (χ1) is 14.1. The summed E-state index contributed by atoms with van der Waals surface area (Å²) >= 11 is 0. The molecule has 4 rings (SSSR count). The van der Waals surface area contributed by atoms with Crippen molar-refractivity contribution in [2.45, 2.75) is 32.7 Å². The molecule has 0 atom stereocenters. The summed E-state index contributed by atoms with van der Waals surface area (Å²) in [6.07, 6.45) is 3.69. The second kappa shape index (κ2) is 8.45. The number of anilines is 1. The minimum absolute atomic E-state index is 0.282. The van der Waals surface area contributed by atoms with Crippen LogP contribution in [0.1, 0.15) is 40.5 Å². The van der Waals surface area contributed by atoms with Gasteiger partial charge in [-0.25, -0.2) is 4.68 Å². The third kappa shape index (κ3) is 4.30. The molecule has 0 saturated carbocycles. The summed E-state index contributed by atoms with van der Waals surface area (Å²) < 4.78 is 7.95. The molecule has 7 heteroatoms. The van der Waals surface area contributed by atoms with Gasteiger partial charge in [0.25, 0.3) is 5.91 Å². The van der Waals surface area contributed by atoms with E-state index in [9.17, 15) is 4.79 Å². The van der Waals surface area contributed by atoms with Gasteiger partial charge < -0.3 is 15.4 Å². The molecule has 1 aliphatic rings. The zero-order valence-corrected chi connectivity index (χ0v) is 16.7. The second-order valence-electron chi connectivity index (χ2n) is 7.34. The van der Waals surface area contributed by atoms with Crippen LogP contribution in [0.3, 0.4) is 0 Å². The van der Waals surface area contributed by atoms with Crippen LogP contribution in [0.4, 0.5) is 5.69 Å². The molecule has 0 aliphatic carbocycles. The van der Waals surface area contributed by atoms with Crippen LogP contribution >= 0.6 is 0 Å². The zero-order valence-electron chi connectivity index (χ0n) is 16.7. The van der Waals surface area contributed by atoms with Gasteiger partial charge in [-0.05, 0) is 63.0 Å². The normalized spacial score (nSPS) is 14.6. The summed E-state index contributed by atoms with van der Waals surface area (Å²) in [6.45, 7) is 5.91. The van der Waals surface area contributed by atoms with Crippen molar-refractivity contribution >= 4 is 11.6 Å². The number of ether oxygens (including phenoxy) is 1. The molecule has 1 amide bonds. The zero-order chi connectivity index (χ0) is 20.2. The van der Waals surface area contributed by atoms with Gasteiger partial charge in [-0.3, -0.25) is 4.79 Å². The molecule has 0 radical (unpaired) electrons. The van der Waals surface area contributed by atoms with E-state index in [1.807, 2.05) is 56.3 Å². The third-order valence-corrected chi connectivity index (χ3v) is 5.18. The fraction of sp³-hybridized carbons (Fsp3) is 0.318. The number of aromatic nitrogens is 3. The standard InChI is InChI=1S/C22H25N5O2/c1-15-6-5-7-16(2)21(15)29-20-9-4-3-8-18(20)24-22(28)19-14-27(26-25-19)17-10-12-23-13-11-17/h3-9,14,17,23H,10-13H2,1-2H3,(H,24,28). The van der Waals surface area contributed by atoms with E-state index >= 15 is 0 Å². The average molecular weight is 391 g/mol. The molecule has 1 fully saturated rings. The summed E-state index contributed by atoms with van der Waals surface area (Å²) in [5, 5.41) is 14.5. The number of hydrogen-bond donors (Lipinski definition) is 2. The van der Waals surface area contributed by atoms with E-state index in [1.165, 1.54) is 0 Å². The number of para-hydroxylation sites is 3. The maximum Gasteiger partial charge on any atom is 0.277 e. The first-order valence-electron chi connectivity index (χ1n) is 9.89. The van der Waals surface area contributed by atoms with Gasteiger partial charge in [0, 0.05) is 0 Å². The SMILES string of the molecule is Cc1cccc(C)c1Oc1ccccc1NC(=O)c1cn(C2CCNCC2)nn1. The Kier molecular flexibility index (Phi) is 5.57. The number of piperidine rings is 1. The number of nitrogens with one attached hydrogen (secondary N) is 2. The largest absolute Gasteiger partial charge is 0.455 e. The molecule has 0 bridgehead atoms. The number of aryl methyl sites for hydroxylation is 2. The van der Waals surface area contributed by atoms with E-state index < -0.39 is 0 Å². The number of amides is 1. The average Bonchev–Trinajstić information content (AvgIpc) is 3.23. The lowest BCUT2D eigenvalue weighted by molar-refractivity contribution is 0.102. The molecule has 7 nitrogen and oxygen atoms in total. The van der Waals surface area contributed by atoms with E-state index in [-0.39, 0.29) is 11.9 Å². The van der Waals surface area contributed by atoms with Gasteiger partial charge in [-0.15, -0.1) is 5.10 Å². The maximum atomic E-state index is 12.8. The van der Waals surface area contributed by atoms with Crippen LogP contribution in [0.5, 0.6) is 11.5 Å². The highest BCUT2D eigenvalue weighted by Gasteiger charge is 2.19. The number of hydrogen-bond acceptors (Lipinski definition) is 5. The Bertz CT molecular complexity index is 988. The second-order valence-corrected chi connectivity index (χ2v) is 7.34. The number of rotatable bonds is 5. The van der Waals surface area contributed by atoms with Gasteiger partial charge in [-0.1, -0.05) is 35.5 Å². The quantitative estimate of drug-likeness (QED) is 0.690. The minimum Gasteiger partial charge on any atom is -0.455 e. The van der Waals surface area contributed by atoms with Crippen LogP contribution in [0, 0.1) is 13.8 Å². The monoisotopic (exact) mass is 391 g/mol. The molecule has 1 aromatic heterocycles. The summed E-state index contributed by atoms with van der Waals surface area (Å²) in [4.78, 5) is 12.8. The van der Waals surface area contributed by atoms with Crippen molar-refractivity contribution in [3.8, 4) is 11.5 Å². The molecule has 2 N–H and O–H groups in total. The van der Waals surface area contributed by atoms with Crippen LogP contribution in [-0.4, -0.2) is 34.0 Å². The van der Waals surface area contributed by atoms with E-state index in [0.717, 1.165) is 42.8 Å². The van der Waals surface area contributed by atoms with E-state index in [0.29, 0.717) is 17.1 Å². The Hall–Kier alpha value is -3.19. The van der Waals surface area contributed by atoms with Gasteiger partial charge in [-0.2, -0.15) is 0 Å². The molecule has 0 unspecified atom stereocenters. The van der Waals surface area contributed by atoms with E-state index in [2.05, 4.69) is 20.9 Å². The fourth-order valence-corrected chi connectivity index (χ4v) is 3.55. The topological polar surface area (TPSA) is 81.1 Å². The number of carbonyl (C=O) groups is 1. The van der Waals surface area contributed by atoms with Crippen molar-refractivity contribution in [2.75, 3.05) is 18.4 Å². The molecular weight excluding hydrogens is 366 g/mol. The summed E-state index contributed by atoms with van der Waals surface area (Å²) in [6, 6.07) is 13.7. The van der Waals surface area contributed by atoms with Crippen molar-refractivity contribution in [1.29, 1.82) is 0 Å². The van der Waals surface area contributed by atoms with Gasteiger partial charge >= 0.3 is 0 Å². The number of benzene rings is 2. The molecule has 150 valence electrons. The van der Waals surface area contributed by atoms with E-state index in [4.69, 9.17) is 4.74 Å². The van der Waals surface area contributed by atoms with Crippen molar-refractivity contribution in [1.82, 2.24) is 20.3 Å². The molecule has 1 aliphatic heterocycles. The van der Waals surface area contributed by atoms with Crippen LogP contribution < -0.4 is 15.4 Å². The maximum absolute atomic E-state index is 12.8. The van der Waals surface area contributed by atoms with Crippen LogP contribution in [-0.2, 0) is 0 Å². The summed E-state index contributed by atoms with van der Waals surface area (Å²) in [5.74, 6) is 1.08. The lowest BCUT2D eigenvalue weighted by Gasteiger charge is -2.22. The first kappa shape index (κ1) is 19.1. The van der Waals surface area contributed by atoms with Gasteiger partial charge in [0.05, 0.1) is 17.9 Å². The minimum atomic E-state index is -0.303. The molecule has 1 saturated heterocycles. The predicted octanol–water partition coefficient (Wildman–Crippen LogP) is 3.86. The summed E-state index contributed by atoms with van der Waals surface area (Å²) in [7, 11) is 0. The van der Waals surface area contributed by atoms with E-state index in [1.54, 1.807) is 10.9 Å². The highest BCUT2D eigenvalue weighted by atomic mass is 16.5. The molecular formula is C22H25N5O2. The Labute approximate surface area is 170 Å². The molecule has 2 aromatic carbocycles. The third-order valence-electron chi connectivity index (χ3n) is 5.18. The molecule has 29 heavy (non-hydrogen) atoms. The van der Waals surface area contributed by atoms with Gasteiger partial charge in [0.2, 0.25) is 0 Å². The predicted molar refractivity (Wildman–Crippen MR) is 112 cm³/mol. The van der Waals surface area contributed by atoms with Crippen molar-refractivity contribution in [2.24, 2.45) is 0 Å². The highest BCUT2D eigenvalue weighted by Crippen LogP contribution is 2.33. The van der Waals surface area contributed by atoms with Crippen molar-refractivity contribution in [3.05, 3.63) is 65.5 Å². The van der Waals surface area contributed by atoms with Crippen LogP contribution in [0.15, 0.2) is 48.7 Å². The van der Waals surface area contributed by atoms with Crippen molar-refractivity contribution in [3.63, 3.8) is 0 Å². The molecule has 3 aromatic rings. The Balaban J connectivity index is 1.51. The van der Waals surface area contributed by atoms with Crippen molar-refractivity contribution < 1.29 is 9.53 Å². The Morgan fingerprint density at radius 3 is 2.59 bits per heavy atom. The number of nitrogens with zero attached hydrogens (tertiary/aromatic N) is 3. The Morgan fingerprint density at radius 1 is 1.10 bits per heavy atom. The Morgan fingerprint density at radius 2 is 1.83 bits per heavy atom. The first-order valence-corrected chi connectivity index (χ1v) is 9.89. The molecule has 2 heterocycles. The lowest BCUT2D eigenvalue weighted by atomic mass is 10.1. The van der Waals surface area contributed by atoms with Gasteiger partial charge in [0.1, 0.15) is 5.75 Å². The van der Waals surface area contributed by atoms with Crippen LogP contribution in [0.2, 0.25) is 0 Å². The highest BCUT2D eigenvalue weighted by molar-refractivity contribution is 6.03. The number of carbonyl (C=O) groups excluding carboxylic acids is 1. The molecule has 0 spiro atoms.